The molecule has 0 aliphatic carbocycles. The van der Waals surface area contributed by atoms with E-state index in [0.717, 1.165) is 0 Å². The van der Waals surface area contributed by atoms with E-state index in [9.17, 15) is 22.8 Å². The van der Waals surface area contributed by atoms with Crippen LogP contribution in [-0.4, -0.2) is 24.6 Å². The number of ether oxygens (including phenoxy) is 1. The maximum absolute atomic E-state index is 14.0. The minimum absolute atomic E-state index is 0.0565. The number of fused-ring (bicyclic) bond motifs is 2. The highest BCUT2D eigenvalue weighted by Crippen LogP contribution is 2.58. The number of benzene rings is 3. The molecule has 11 heteroatoms. The second-order valence-corrected chi connectivity index (χ2v) is 10.7. The first-order valence-electron chi connectivity index (χ1n) is 11.1. The fourth-order valence-electron chi connectivity index (χ4n) is 5.31. The summed E-state index contributed by atoms with van der Waals surface area (Å²) in [5.41, 5.74) is 0.419. The molecule has 3 atom stereocenters. The zero-order chi connectivity index (χ0) is 26.5. The first-order chi connectivity index (χ1) is 17.5. The molecule has 5 rings (SSSR count). The molecule has 2 aliphatic rings. The van der Waals surface area contributed by atoms with Crippen molar-refractivity contribution in [2.45, 2.75) is 30.0 Å². The molecule has 2 amide bonds. The van der Waals surface area contributed by atoms with E-state index < -0.39 is 36.1 Å². The number of amides is 2. The van der Waals surface area contributed by atoms with Crippen LogP contribution >= 0.6 is 39.1 Å². The van der Waals surface area contributed by atoms with Gasteiger partial charge >= 0.3 is 6.18 Å². The molecule has 192 valence electrons. The second kappa shape index (κ2) is 9.53. The number of piperidine rings is 1. The monoisotopic (exact) mass is 612 g/mol. The van der Waals surface area contributed by atoms with Crippen molar-refractivity contribution < 1.29 is 27.5 Å². The van der Waals surface area contributed by atoms with Gasteiger partial charge in [-0.15, -0.1) is 0 Å². The number of rotatable bonds is 4. The Morgan fingerprint density at radius 3 is 2.51 bits per heavy atom. The topological polar surface area (TPSA) is 67.4 Å². The molecule has 0 radical (unpaired) electrons. The van der Waals surface area contributed by atoms with Crippen molar-refractivity contribution in [2.75, 3.05) is 11.9 Å². The Bertz CT molecular complexity index is 1420. The van der Waals surface area contributed by atoms with Gasteiger partial charge in [-0.2, -0.15) is 13.2 Å². The van der Waals surface area contributed by atoms with E-state index in [2.05, 4.69) is 26.6 Å². The van der Waals surface area contributed by atoms with Gasteiger partial charge in [0, 0.05) is 38.1 Å². The molecule has 0 aromatic heterocycles. The van der Waals surface area contributed by atoms with Crippen LogP contribution in [0.1, 0.15) is 35.1 Å². The van der Waals surface area contributed by atoms with E-state index in [1.165, 1.54) is 12.1 Å². The van der Waals surface area contributed by atoms with Crippen LogP contribution in [0.2, 0.25) is 10.0 Å². The Kier molecular flexibility index (Phi) is 6.66. The normalized spacial score (nSPS) is 23.0. The van der Waals surface area contributed by atoms with Crippen LogP contribution in [0, 0.1) is 0 Å². The molecule has 1 fully saturated rings. The summed E-state index contributed by atoms with van der Waals surface area (Å²) in [5.74, 6) is -1.62. The molecule has 0 saturated carbocycles. The van der Waals surface area contributed by atoms with E-state index in [0.29, 0.717) is 31.3 Å². The molecule has 1 saturated heterocycles. The highest BCUT2D eigenvalue weighted by atomic mass is 79.9. The lowest BCUT2D eigenvalue weighted by Crippen LogP contribution is -2.57. The van der Waals surface area contributed by atoms with Crippen LogP contribution in [0.5, 0.6) is 5.75 Å². The van der Waals surface area contributed by atoms with Crippen LogP contribution in [0.15, 0.2) is 65.1 Å². The third-order valence-electron chi connectivity index (χ3n) is 6.68. The standard InChI is InChI=1S/C26H18BrCl2F3N2O3/c27-14-4-7-21(37-12-25(30,31)32)17(9-14)23-26(18-6-5-16(29)10-20(18)33-24(26)36)19(11-22(35)34-23)13-2-1-3-15(28)8-13/h1-10,19,23H,11-12H2,(H,33,36)(H,34,35)/t19-,23+,26-/m0/s1. The minimum atomic E-state index is -4.59. The summed E-state index contributed by atoms with van der Waals surface area (Å²) in [5, 5.41) is 6.57. The van der Waals surface area contributed by atoms with Gasteiger partial charge in [0.15, 0.2) is 6.61 Å². The van der Waals surface area contributed by atoms with Gasteiger partial charge in [-0.05, 0) is 53.6 Å². The van der Waals surface area contributed by atoms with Crippen molar-refractivity contribution in [2.24, 2.45) is 0 Å². The lowest BCUT2D eigenvalue weighted by Gasteiger charge is -2.46. The molecule has 0 bridgehead atoms. The van der Waals surface area contributed by atoms with Gasteiger partial charge in [0.05, 0.1) is 6.04 Å². The largest absolute Gasteiger partial charge is 0.484 e. The van der Waals surface area contributed by atoms with E-state index >= 15 is 0 Å². The average molecular weight is 614 g/mol. The Hall–Kier alpha value is -2.75. The molecule has 5 nitrogen and oxygen atoms in total. The molecule has 3 aromatic rings. The maximum Gasteiger partial charge on any atom is 0.422 e. The average Bonchev–Trinajstić information content (AvgIpc) is 3.10. The highest BCUT2D eigenvalue weighted by molar-refractivity contribution is 9.10. The van der Waals surface area contributed by atoms with Gasteiger partial charge in [-0.3, -0.25) is 9.59 Å². The minimum Gasteiger partial charge on any atom is -0.484 e. The Morgan fingerprint density at radius 2 is 1.78 bits per heavy atom. The summed E-state index contributed by atoms with van der Waals surface area (Å²) in [4.78, 5) is 27.1. The van der Waals surface area contributed by atoms with Crippen molar-refractivity contribution in [3.8, 4) is 5.75 Å². The zero-order valence-electron chi connectivity index (χ0n) is 18.8. The molecule has 3 aromatic carbocycles. The number of alkyl halides is 3. The quantitative estimate of drug-likeness (QED) is 0.335. The Balaban J connectivity index is 1.77. The summed E-state index contributed by atoms with van der Waals surface area (Å²) in [6, 6.07) is 15.2. The zero-order valence-corrected chi connectivity index (χ0v) is 21.9. The van der Waals surface area contributed by atoms with Gasteiger partial charge in [-0.1, -0.05) is 57.3 Å². The van der Waals surface area contributed by atoms with Crippen LogP contribution in [0.25, 0.3) is 0 Å². The number of anilines is 1. The smallest absolute Gasteiger partial charge is 0.422 e. The summed E-state index contributed by atoms with van der Waals surface area (Å²) in [7, 11) is 0. The first-order valence-corrected chi connectivity index (χ1v) is 12.7. The Morgan fingerprint density at radius 1 is 1.03 bits per heavy atom. The van der Waals surface area contributed by atoms with Gasteiger partial charge in [0.1, 0.15) is 11.2 Å². The molecule has 1 spiro atoms. The molecule has 2 N–H and O–H groups in total. The second-order valence-electron chi connectivity index (χ2n) is 8.91. The van der Waals surface area contributed by atoms with Crippen LogP contribution in [0.3, 0.4) is 0 Å². The number of carbonyl (C=O) groups excluding carboxylic acids is 2. The number of halogens is 6. The molecule has 37 heavy (non-hydrogen) atoms. The van der Waals surface area contributed by atoms with Crippen molar-refractivity contribution >= 4 is 56.6 Å². The van der Waals surface area contributed by atoms with E-state index in [-0.39, 0.29) is 23.6 Å². The van der Waals surface area contributed by atoms with Crippen molar-refractivity contribution in [3.05, 3.63) is 91.9 Å². The fraction of sp³-hybridized carbons (Fsp3) is 0.231. The predicted octanol–water partition coefficient (Wildman–Crippen LogP) is 6.93. The van der Waals surface area contributed by atoms with E-state index in [1.54, 1.807) is 48.5 Å². The number of carbonyl (C=O) groups is 2. The summed E-state index contributed by atoms with van der Waals surface area (Å²) < 4.78 is 44.9. The third-order valence-corrected chi connectivity index (χ3v) is 7.64. The molecular weight excluding hydrogens is 596 g/mol. The summed E-state index contributed by atoms with van der Waals surface area (Å²) in [6.07, 6.45) is -4.64. The van der Waals surface area contributed by atoms with Crippen LogP contribution in [-0.2, 0) is 15.0 Å². The molecule has 2 aliphatic heterocycles. The van der Waals surface area contributed by atoms with E-state index in [4.69, 9.17) is 27.9 Å². The number of nitrogens with one attached hydrogen (secondary N) is 2. The fourth-order valence-corrected chi connectivity index (χ4v) is 6.06. The van der Waals surface area contributed by atoms with Gasteiger partial charge in [-0.25, -0.2) is 0 Å². The van der Waals surface area contributed by atoms with Gasteiger partial charge in [0.2, 0.25) is 11.8 Å². The first kappa shape index (κ1) is 25.9. The molecule has 2 heterocycles. The third kappa shape index (κ3) is 4.69. The van der Waals surface area contributed by atoms with Crippen molar-refractivity contribution in [1.29, 1.82) is 0 Å². The van der Waals surface area contributed by atoms with Gasteiger partial charge in [0.25, 0.3) is 0 Å². The maximum atomic E-state index is 14.0. The van der Waals surface area contributed by atoms with Gasteiger partial charge < -0.3 is 15.4 Å². The van der Waals surface area contributed by atoms with Crippen LogP contribution < -0.4 is 15.4 Å². The lowest BCUT2D eigenvalue weighted by atomic mass is 9.59. The lowest BCUT2D eigenvalue weighted by molar-refractivity contribution is -0.153. The van der Waals surface area contributed by atoms with Crippen LogP contribution in [0.4, 0.5) is 18.9 Å². The number of hydrogen-bond donors (Lipinski definition) is 2. The Labute approximate surface area is 228 Å². The van der Waals surface area contributed by atoms with Crippen molar-refractivity contribution in [3.63, 3.8) is 0 Å². The highest BCUT2D eigenvalue weighted by Gasteiger charge is 2.61. The number of hydrogen-bond acceptors (Lipinski definition) is 3. The SMILES string of the molecule is O=C1C[C@@H](c2cccc(Cl)c2)[C@]2(C(=O)Nc3cc(Cl)ccc32)[C@@H](c2cc(Br)ccc2OCC(F)(F)F)N1. The summed E-state index contributed by atoms with van der Waals surface area (Å²) in [6.45, 7) is -1.54. The van der Waals surface area contributed by atoms with Crippen molar-refractivity contribution in [1.82, 2.24) is 5.32 Å². The molecular formula is C26H18BrCl2F3N2O3. The molecule has 0 unspecified atom stereocenters. The predicted molar refractivity (Wildman–Crippen MR) is 137 cm³/mol. The summed E-state index contributed by atoms with van der Waals surface area (Å²) >= 11 is 15.9. The van der Waals surface area contributed by atoms with E-state index in [1.807, 2.05) is 0 Å².